The zero-order valence-corrected chi connectivity index (χ0v) is 16.2. The molecule has 1 aromatic rings. The minimum atomic E-state index is -0.511. The van der Waals surface area contributed by atoms with Gasteiger partial charge in [-0.05, 0) is 30.0 Å². The fourth-order valence-corrected chi connectivity index (χ4v) is 2.85. The van der Waals surface area contributed by atoms with Gasteiger partial charge in [-0.3, -0.25) is 9.59 Å². The summed E-state index contributed by atoms with van der Waals surface area (Å²) < 4.78 is 0. The van der Waals surface area contributed by atoms with Crippen molar-refractivity contribution in [1.29, 1.82) is 0 Å². The molecule has 2 amide bonds. The molecule has 4 nitrogen and oxygen atoms in total. The Bertz CT molecular complexity index is 576. The number of hydrogen-bond donors (Lipinski definition) is 1. The van der Waals surface area contributed by atoms with Crippen LogP contribution in [0.4, 0.5) is 0 Å². The average molecular weight is 373 g/mol. The van der Waals surface area contributed by atoms with Crippen LogP contribution >= 0.6 is 23.2 Å². The van der Waals surface area contributed by atoms with Crippen molar-refractivity contribution in [1.82, 2.24) is 10.2 Å². The maximum absolute atomic E-state index is 12.5. The standard InChI is InChI=1S/C18H26Cl2N2O2/c1-5-16(18(24)21-10-12(3)4)22(17(23)6-2)11-13-7-8-14(19)9-15(13)20/h7-9,12,16H,5-6,10-11H2,1-4H3,(H,21,24)/t16-/m0/s1. The van der Waals surface area contributed by atoms with Crippen LogP contribution in [-0.4, -0.2) is 29.3 Å². The van der Waals surface area contributed by atoms with Crippen LogP contribution in [0.15, 0.2) is 18.2 Å². The van der Waals surface area contributed by atoms with E-state index in [1.807, 2.05) is 20.8 Å². The van der Waals surface area contributed by atoms with Crippen LogP contribution in [0.1, 0.15) is 46.1 Å². The quantitative estimate of drug-likeness (QED) is 0.739. The van der Waals surface area contributed by atoms with E-state index in [0.29, 0.717) is 35.3 Å². The molecule has 0 unspecified atom stereocenters. The van der Waals surface area contributed by atoms with Gasteiger partial charge in [0, 0.05) is 29.6 Å². The van der Waals surface area contributed by atoms with E-state index in [0.717, 1.165) is 5.56 Å². The monoisotopic (exact) mass is 372 g/mol. The second-order valence-electron chi connectivity index (χ2n) is 6.17. The molecule has 1 N–H and O–H groups in total. The van der Waals surface area contributed by atoms with Crippen molar-refractivity contribution < 1.29 is 9.59 Å². The van der Waals surface area contributed by atoms with Crippen LogP contribution in [0.2, 0.25) is 10.0 Å². The van der Waals surface area contributed by atoms with E-state index in [2.05, 4.69) is 5.32 Å². The molecule has 0 saturated carbocycles. The number of rotatable bonds is 8. The summed E-state index contributed by atoms with van der Waals surface area (Å²) in [6.07, 6.45) is 0.875. The zero-order chi connectivity index (χ0) is 18.3. The summed E-state index contributed by atoms with van der Waals surface area (Å²) in [6.45, 7) is 8.63. The van der Waals surface area contributed by atoms with Crippen LogP contribution in [0.5, 0.6) is 0 Å². The van der Waals surface area contributed by atoms with Crippen molar-refractivity contribution >= 4 is 35.0 Å². The van der Waals surface area contributed by atoms with E-state index in [1.54, 1.807) is 30.0 Å². The van der Waals surface area contributed by atoms with Gasteiger partial charge < -0.3 is 10.2 Å². The van der Waals surface area contributed by atoms with E-state index in [9.17, 15) is 9.59 Å². The second-order valence-corrected chi connectivity index (χ2v) is 7.02. The first-order chi connectivity index (χ1) is 11.3. The van der Waals surface area contributed by atoms with Gasteiger partial charge in [0.05, 0.1) is 0 Å². The molecular formula is C18H26Cl2N2O2. The summed E-state index contributed by atoms with van der Waals surface area (Å²) >= 11 is 12.2. The number of hydrogen-bond acceptors (Lipinski definition) is 2. The van der Waals surface area contributed by atoms with E-state index in [1.165, 1.54) is 0 Å². The topological polar surface area (TPSA) is 49.4 Å². The molecule has 0 aliphatic heterocycles. The normalized spacial score (nSPS) is 12.1. The highest BCUT2D eigenvalue weighted by molar-refractivity contribution is 6.35. The molecule has 0 aliphatic rings. The van der Waals surface area contributed by atoms with Gasteiger partial charge in [-0.25, -0.2) is 0 Å². The van der Waals surface area contributed by atoms with E-state index < -0.39 is 6.04 Å². The molecule has 0 radical (unpaired) electrons. The average Bonchev–Trinajstić information content (AvgIpc) is 2.53. The van der Waals surface area contributed by atoms with E-state index in [-0.39, 0.29) is 18.4 Å². The molecule has 1 atom stereocenters. The second kappa shape index (κ2) is 9.90. The minimum Gasteiger partial charge on any atom is -0.354 e. The summed E-state index contributed by atoms with van der Waals surface area (Å²) in [5.74, 6) is 0.151. The van der Waals surface area contributed by atoms with E-state index >= 15 is 0 Å². The molecule has 0 spiro atoms. The van der Waals surface area contributed by atoms with Gasteiger partial charge in [-0.1, -0.05) is 57.0 Å². The van der Waals surface area contributed by atoms with Crippen LogP contribution < -0.4 is 5.32 Å². The van der Waals surface area contributed by atoms with Crippen LogP contribution in [0.3, 0.4) is 0 Å². The van der Waals surface area contributed by atoms with Gasteiger partial charge in [0.1, 0.15) is 6.04 Å². The molecule has 24 heavy (non-hydrogen) atoms. The van der Waals surface area contributed by atoms with Gasteiger partial charge in [-0.15, -0.1) is 0 Å². The SMILES string of the molecule is CCC(=O)N(Cc1ccc(Cl)cc1Cl)[C@@H](CC)C(=O)NCC(C)C. The summed E-state index contributed by atoms with van der Waals surface area (Å²) in [5.41, 5.74) is 0.776. The molecule has 0 bridgehead atoms. The van der Waals surface area contributed by atoms with Crippen molar-refractivity contribution in [2.75, 3.05) is 6.54 Å². The van der Waals surface area contributed by atoms with Gasteiger partial charge in [0.25, 0.3) is 0 Å². The Morgan fingerprint density at radius 1 is 1.21 bits per heavy atom. The van der Waals surface area contributed by atoms with Gasteiger partial charge >= 0.3 is 0 Å². The van der Waals surface area contributed by atoms with Crippen LogP contribution in [-0.2, 0) is 16.1 Å². The lowest BCUT2D eigenvalue weighted by Crippen LogP contribution is -2.49. The molecule has 134 valence electrons. The smallest absolute Gasteiger partial charge is 0.242 e. The molecular weight excluding hydrogens is 347 g/mol. The largest absolute Gasteiger partial charge is 0.354 e. The molecule has 0 aromatic heterocycles. The molecule has 6 heteroatoms. The Morgan fingerprint density at radius 3 is 2.38 bits per heavy atom. The van der Waals surface area contributed by atoms with Crippen LogP contribution in [0.25, 0.3) is 0 Å². The number of carbonyl (C=O) groups is 2. The Hall–Kier alpha value is -1.26. The van der Waals surface area contributed by atoms with E-state index in [4.69, 9.17) is 23.2 Å². The van der Waals surface area contributed by atoms with Gasteiger partial charge in [0.2, 0.25) is 11.8 Å². The Balaban J connectivity index is 3.01. The van der Waals surface area contributed by atoms with Crippen LogP contribution in [0, 0.1) is 5.92 Å². The number of carbonyl (C=O) groups excluding carboxylic acids is 2. The molecule has 0 saturated heterocycles. The maximum atomic E-state index is 12.5. The first-order valence-electron chi connectivity index (χ1n) is 8.31. The molecule has 0 aliphatic carbocycles. The molecule has 1 rings (SSSR count). The number of nitrogens with one attached hydrogen (secondary N) is 1. The van der Waals surface area contributed by atoms with Crippen molar-refractivity contribution in [3.8, 4) is 0 Å². The number of benzene rings is 1. The zero-order valence-electron chi connectivity index (χ0n) is 14.7. The van der Waals surface area contributed by atoms with Gasteiger partial charge in [-0.2, -0.15) is 0 Å². The van der Waals surface area contributed by atoms with Crippen molar-refractivity contribution in [2.45, 2.75) is 53.1 Å². The third-order valence-electron chi connectivity index (χ3n) is 3.73. The predicted molar refractivity (Wildman–Crippen MR) is 99.2 cm³/mol. The Labute approximate surface area is 154 Å². The lowest BCUT2D eigenvalue weighted by Gasteiger charge is -2.31. The van der Waals surface area contributed by atoms with Crippen molar-refractivity contribution in [2.24, 2.45) is 5.92 Å². The first-order valence-corrected chi connectivity index (χ1v) is 9.06. The predicted octanol–water partition coefficient (Wildman–Crippen LogP) is 4.28. The lowest BCUT2D eigenvalue weighted by molar-refractivity contribution is -0.141. The molecule has 0 fully saturated rings. The Kier molecular flexibility index (Phi) is 8.57. The number of amides is 2. The summed E-state index contributed by atoms with van der Waals surface area (Å²) in [4.78, 5) is 26.5. The van der Waals surface area contributed by atoms with Gasteiger partial charge in [0.15, 0.2) is 0 Å². The third-order valence-corrected chi connectivity index (χ3v) is 4.32. The molecule has 0 heterocycles. The highest BCUT2D eigenvalue weighted by Gasteiger charge is 2.28. The first kappa shape index (κ1) is 20.8. The highest BCUT2D eigenvalue weighted by Crippen LogP contribution is 2.24. The minimum absolute atomic E-state index is 0.0763. The van der Waals surface area contributed by atoms with Crippen molar-refractivity contribution in [3.05, 3.63) is 33.8 Å². The third kappa shape index (κ3) is 5.99. The maximum Gasteiger partial charge on any atom is 0.242 e. The number of halogens is 2. The lowest BCUT2D eigenvalue weighted by atomic mass is 10.1. The van der Waals surface area contributed by atoms with Crippen molar-refractivity contribution in [3.63, 3.8) is 0 Å². The fourth-order valence-electron chi connectivity index (χ4n) is 2.38. The summed E-state index contributed by atoms with van der Waals surface area (Å²) in [6, 6.07) is 4.66. The Morgan fingerprint density at radius 2 is 1.88 bits per heavy atom. The number of nitrogens with zero attached hydrogens (tertiary/aromatic N) is 1. The summed E-state index contributed by atoms with van der Waals surface area (Å²) in [7, 11) is 0. The molecule has 1 aromatic carbocycles. The summed E-state index contributed by atoms with van der Waals surface area (Å²) in [5, 5.41) is 3.95. The highest BCUT2D eigenvalue weighted by atomic mass is 35.5. The fraction of sp³-hybridized carbons (Fsp3) is 0.556.